The van der Waals surface area contributed by atoms with Crippen LogP contribution in [0.25, 0.3) is 0 Å². The van der Waals surface area contributed by atoms with Crippen LogP contribution in [0.3, 0.4) is 0 Å². The third-order valence-electron chi connectivity index (χ3n) is 11.0. The van der Waals surface area contributed by atoms with E-state index < -0.39 is 0 Å². The monoisotopic (exact) mass is 676 g/mol. The Hall–Kier alpha value is -1.46. The molecule has 282 valence electrons. The second-order valence-corrected chi connectivity index (χ2v) is 15.0. The van der Waals surface area contributed by atoms with E-state index in [1.807, 2.05) is 6.07 Å². The van der Waals surface area contributed by atoms with E-state index in [9.17, 15) is 4.79 Å². The molecular formula is C43H87N4O+3. The van der Waals surface area contributed by atoms with Gasteiger partial charge in [-0.15, -0.1) is 0 Å². The maximum absolute atomic E-state index is 13.5. The number of nitrogens with zero attached hydrogens (tertiary/aromatic N) is 3. The van der Waals surface area contributed by atoms with E-state index in [-0.39, 0.29) is 13.3 Å². The molecule has 0 aliphatic heterocycles. The van der Waals surface area contributed by atoms with Crippen LogP contribution >= 0.6 is 0 Å². The van der Waals surface area contributed by atoms with Gasteiger partial charge in [-0.3, -0.25) is 4.79 Å². The molecule has 0 fully saturated rings. The summed E-state index contributed by atoms with van der Waals surface area (Å²) in [5.41, 5.74) is 0. The molecule has 1 N–H and O–H groups in total. The fourth-order valence-corrected chi connectivity index (χ4v) is 7.81. The standard InChI is InChI=1S/C42H82N4O.CH4/c1-7-13-24-37-45(12-6,35-15-9-3)38-26-17-20-28-41(42(47)43-30-33-44-31-22-19-23-32-44)29-21-18-27-40-46(34-11-5,36-16-10-4)39-25-14-8-2;/h19,22-23,31-32,41H,7-18,20-21,24-30,33-40H2,1-6H3;1H4/q+2;/p+1. The van der Waals surface area contributed by atoms with Crippen molar-refractivity contribution in [1.29, 1.82) is 0 Å². The number of hydrogen-bond donors (Lipinski definition) is 1. The van der Waals surface area contributed by atoms with Crippen molar-refractivity contribution in [3.05, 3.63) is 30.6 Å². The van der Waals surface area contributed by atoms with Crippen molar-refractivity contribution in [1.82, 2.24) is 5.32 Å². The van der Waals surface area contributed by atoms with E-state index >= 15 is 0 Å². The van der Waals surface area contributed by atoms with Gasteiger partial charge in [-0.2, -0.15) is 0 Å². The molecule has 0 saturated heterocycles. The Morgan fingerprint density at radius 1 is 0.542 bits per heavy atom. The van der Waals surface area contributed by atoms with Crippen LogP contribution in [0.15, 0.2) is 30.6 Å². The predicted octanol–water partition coefficient (Wildman–Crippen LogP) is 10.5. The lowest BCUT2D eigenvalue weighted by Gasteiger charge is -2.39. The first kappa shape index (κ1) is 46.5. The van der Waals surface area contributed by atoms with Gasteiger partial charge < -0.3 is 14.3 Å². The zero-order valence-electron chi connectivity index (χ0n) is 32.7. The molecule has 3 unspecified atom stereocenters. The van der Waals surface area contributed by atoms with Crippen molar-refractivity contribution in [3.63, 3.8) is 0 Å². The van der Waals surface area contributed by atoms with Crippen LogP contribution in [0, 0.1) is 5.92 Å². The number of pyridine rings is 1. The van der Waals surface area contributed by atoms with Crippen molar-refractivity contribution < 1.29 is 18.3 Å². The van der Waals surface area contributed by atoms with E-state index in [1.165, 1.54) is 170 Å². The Bertz CT molecular complexity index is 848. The Morgan fingerprint density at radius 3 is 1.48 bits per heavy atom. The molecule has 0 saturated carbocycles. The van der Waals surface area contributed by atoms with Crippen LogP contribution in [0.5, 0.6) is 0 Å². The summed E-state index contributed by atoms with van der Waals surface area (Å²) in [5, 5.41) is 3.33. The lowest BCUT2D eigenvalue weighted by Crippen LogP contribution is -2.50. The predicted molar refractivity (Wildman–Crippen MR) is 211 cm³/mol. The summed E-state index contributed by atoms with van der Waals surface area (Å²) in [6.07, 6.45) is 28.4. The number of carbonyl (C=O) groups is 1. The van der Waals surface area contributed by atoms with Gasteiger partial charge in [0, 0.05) is 18.1 Å². The third kappa shape index (κ3) is 20.9. The molecule has 48 heavy (non-hydrogen) atoms. The highest BCUT2D eigenvalue weighted by atomic mass is 16.1. The number of hydrogen-bond acceptors (Lipinski definition) is 1. The second kappa shape index (κ2) is 30.4. The molecule has 1 amide bonds. The smallest absolute Gasteiger partial charge is 0.223 e. The summed E-state index contributed by atoms with van der Waals surface area (Å²) in [5.74, 6) is 0.451. The molecule has 1 heterocycles. The first-order valence-electron chi connectivity index (χ1n) is 20.9. The molecule has 1 aromatic heterocycles. The van der Waals surface area contributed by atoms with E-state index in [2.05, 4.69) is 76.0 Å². The molecule has 0 aliphatic carbocycles. The van der Waals surface area contributed by atoms with Gasteiger partial charge in [-0.25, -0.2) is 4.57 Å². The molecule has 5 heteroatoms. The van der Waals surface area contributed by atoms with E-state index in [1.54, 1.807) is 0 Å². The number of carbonyl (C=O) groups excluding carboxylic acids is 1. The van der Waals surface area contributed by atoms with Crippen LogP contribution in [0.2, 0.25) is 0 Å². The second-order valence-electron chi connectivity index (χ2n) is 15.0. The Labute approximate surface area is 301 Å². The summed E-state index contributed by atoms with van der Waals surface area (Å²) < 4.78 is 4.80. The molecular weight excluding hydrogens is 589 g/mol. The fraction of sp³-hybridized carbons (Fsp3) is 0.860. The van der Waals surface area contributed by atoms with Gasteiger partial charge in [0.25, 0.3) is 0 Å². The van der Waals surface area contributed by atoms with Crippen LogP contribution < -0.4 is 9.88 Å². The topological polar surface area (TPSA) is 33.0 Å². The number of aromatic nitrogens is 1. The normalized spacial score (nSPS) is 14.5. The highest BCUT2D eigenvalue weighted by Gasteiger charge is 2.26. The van der Waals surface area contributed by atoms with Crippen molar-refractivity contribution in [3.8, 4) is 0 Å². The quantitative estimate of drug-likeness (QED) is 0.0449. The number of quaternary nitrogens is 2. The van der Waals surface area contributed by atoms with Crippen LogP contribution in [0.4, 0.5) is 0 Å². The Balaban J connectivity index is 0.0000221. The Morgan fingerprint density at radius 2 is 1.00 bits per heavy atom. The van der Waals surface area contributed by atoms with Gasteiger partial charge in [0.1, 0.15) is 0 Å². The number of amides is 1. The molecule has 1 rings (SSSR count). The summed E-state index contributed by atoms with van der Waals surface area (Å²) in [6.45, 7) is 26.3. The first-order chi connectivity index (χ1) is 22.9. The van der Waals surface area contributed by atoms with E-state index in [0.29, 0.717) is 12.5 Å². The molecule has 5 nitrogen and oxygen atoms in total. The molecule has 0 spiro atoms. The average molecular weight is 676 g/mol. The van der Waals surface area contributed by atoms with Crippen LogP contribution in [-0.4, -0.2) is 73.8 Å². The van der Waals surface area contributed by atoms with Gasteiger partial charge in [0.05, 0.1) is 58.9 Å². The zero-order valence-corrected chi connectivity index (χ0v) is 32.7. The minimum atomic E-state index is 0. The van der Waals surface area contributed by atoms with Crippen molar-refractivity contribution in [2.24, 2.45) is 5.92 Å². The van der Waals surface area contributed by atoms with E-state index in [4.69, 9.17) is 0 Å². The third-order valence-corrected chi connectivity index (χ3v) is 11.0. The molecule has 3 atom stereocenters. The highest BCUT2D eigenvalue weighted by Crippen LogP contribution is 2.22. The average Bonchev–Trinajstić information content (AvgIpc) is 3.09. The Kier molecular flexibility index (Phi) is 29.4. The summed E-state index contributed by atoms with van der Waals surface area (Å²) in [6, 6.07) is 6.16. The van der Waals surface area contributed by atoms with E-state index in [0.717, 1.165) is 19.4 Å². The summed E-state index contributed by atoms with van der Waals surface area (Å²) >= 11 is 0. The van der Waals surface area contributed by atoms with Crippen LogP contribution in [-0.2, 0) is 11.3 Å². The van der Waals surface area contributed by atoms with Gasteiger partial charge in [-0.05, 0) is 90.4 Å². The maximum Gasteiger partial charge on any atom is 0.223 e. The van der Waals surface area contributed by atoms with Crippen molar-refractivity contribution in [2.45, 2.75) is 178 Å². The fourth-order valence-electron chi connectivity index (χ4n) is 7.81. The molecule has 1 aromatic rings. The van der Waals surface area contributed by atoms with Gasteiger partial charge in [-0.1, -0.05) is 86.6 Å². The zero-order chi connectivity index (χ0) is 34.5. The molecule has 0 radical (unpaired) electrons. The van der Waals surface area contributed by atoms with Gasteiger partial charge >= 0.3 is 0 Å². The SMILES string of the molecule is C.CCCCC[N+](CC)(CCCC)CCCCCC(CCCCC[N+](CCC)(CCCC)CCCCC)C(=O)NCC[n+]1ccccc1. The molecule has 0 bridgehead atoms. The first-order valence-corrected chi connectivity index (χ1v) is 20.9. The van der Waals surface area contributed by atoms with Gasteiger partial charge in [0.15, 0.2) is 18.9 Å². The largest absolute Gasteiger partial charge is 0.349 e. The minimum absolute atomic E-state index is 0. The van der Waals surface area contributed by atoms with Gasteiger partial charge in [0.2, 0.25) is 5.91 Å². The lowest BCUT2D eigenvalue weighted by atomic mass is 9.93. The summed E-state index contributed by atoms with van der Waals surface area (Å²) in [7, 11) is 0. The number of unbranched alkanes of at least 4 members (excludes halogenated alkanes) is 10. The molecule has 0 aromatic carbocycles. The number of rotatable bonds is 33. The highest BCUT2D eigenvalue weighted by molar-refractivity contribution is 5.78. The van der Waals surface area contributed by atoms with Crippen LogP contribution in [0.1, 0.15) is 171 Å². The lowest BCUT2D eigenvalue weighted by molar-refractivity contribution is -0.929. The minimum Gasteiger partial charge on any atom is -0.349 e. The van der Waals surface area contributed by atoms with Crippen molar-refractivity contribution >= 4 is 5.91 Å². The van der Waals surface area contributed by atoms with Crippen molar-refractivity contribution in [2.75, 3.05) is 58.9 Å². The number of nitrogens with one attached hydrogen (secondary N) is 1. The summed E-state index contributed by atoms with van der Waals surface area (Å²) in [4.78, 5) is 13.5. The molecule has 0 aliphatic rings. The maximum atomic E-state index is 13.5.